The van der Waals surface area contributed by atoms with E-state index in [1.165, 1.54) is 16.8 Å². The highest BCUT2D eigenvalue weighted by atomic mass is 14.9. The van der Waals surface area contributed by atoms with Crippen molar-refractivity contribution in [3.8, 4) is 0 Å². The minimum Gasteiger partial charge on any atom is -0.383 e. The second-order valence-corrected chi connectivity index (χ2v) is 4.45. The number of hydrogen-bond donors (Lipinski definition) is 1. The molecule has 0 unspecified atom stereocenters. The van der Waals surface area contributed by atoms with Crippen LogP contribution >= 0.6 is 0 Å². The van der Waals surface area contributed by atoms with Crippen LogP contribution in [0.2, 0.25) is 0 Å². The lowest BCUT2D eigenvalue weighted by atomic mass is 10.1. The number of allylic oxidation sites excluding steroid dienone is 1. The van der Waals surface area contributed by atoms with Crippen molar-refractivity contribution in [1.82, 2.24) is 0 Å². The van der Waals surface area contributed by atoms with Gasteiger partial charge in [-0.2, -0.15) is 0 Å². The van der Waals surface area contributed by atoms with E-state index in [0.717, 1.165) is 12.8 Å². The fourth-order valence-electron chi connectivity index (χ4n) is 1.46. The Morgan fingerprint density at radius 1 is 1.18 bits per heavy atom. The largest absolute Gasteiger partial charge is 0.383 e. The van der Waals surface area contributed by atoms with E-state index in [9.17, 15) is 0 Å². The molecular weight excluding hydrogens is 206 g/mol. The van der Waals surface area contributed by atoms with Gasteiger partial charge in [-0.25, -0.2) is 0 Å². The molecule has 1 aromatic carbocycles. The number of anilines is 1. The molecule has 17 heavy (non-hydrogen) atoms. The molecule has 1 N–H and O–H groups in total. The molecule has 1 aromatic rings. The summed E-state index contributed by atoms with van der Waals surface area (Å²) in [4.78, 5) is 0. The molecule has 1 nitrogen and oxygen atoms in total. The lowest BCUT2D eigenvalue weighted by Crippen LogP contribution is -2.09. The predicted molar refractivity (Wildman–Crippen MR) is 79.7 cm³/mol. The molecule has 0 aliphatic rings. The van der Waals surface area contributed by atoms with E-state index in [1.807, 2.05) is 13.8 Å². The van der Waals surface area contributed by atoms with E-state index >= 15 is 0 Å². The molecule has 0 fully saturated rings. The third kappa shape index (κ3) is 7.62. The Labute approximate surface area is 107 Å². The summed E-state index contributed by atoms with van der Waals surface area (Å²) >= 11 is 0. The maximum absolute atomic E-state index is 3.91. The zero-order valence-corrected chi connectivity index (χ0v) is 12.0. The molecule has 0 bridgehead atoms. The Bertz CT molecular complexity index is 309. The Morgan fingerprint density at radius 3 is 2.12 bits per heavy atom. The van der Waals surface area contributed by atoms with Crippen molar-refractivity contribution in [3.05, 3.63) is 42.0 Å². The van der Waals surface area contributed by atoms with Gasteiger partial charge >= 0.3 is 0 Å². The highest BCUT2D eigenvalue weighted by molar-refractivity contribution is 5.45. The van der Waals surface area contributed by atoms with Crippen LogP contribution in [-0.2, 0) is 6.42 Å². The minimum absolute atomic E-state index is 0.492. The maximum atomic E-state index is 3.91. The molecule has 0 saturated carbocycles. The van der Waals surface area contributed by atoms with Gasteiger partial charge < -0.3 is 5.32 Å². The molecule has 1 heteroatoms. The van der Waals surface area contributed by atoms with Crippen molar-refractivity contribution in [2.45, 2.75) is 53.5 Å². The third-order valence-corrected chi connectivity index (χ3v) is 2.25. The zero-order valence-electron chi connectivity index (χ0n) is 12.0. The summed E-state index contributed by atoms with van der Waals surface area (Å²) in [6, 6.07) is 9.16. The average molecular weight is 233 g/mol. The number of nitrogens with one attached hydrogen (secondary N) is 1. The normalized spacial score (nSPS) is 9.53. The molecule has 0 atom stereocenters. The van der Waals surface area contributed by atoms with Crippen LogP contribution in [0, 0.1) is 0 Å². The molecule has 0 aromatic heterocycles. The maximum Gasteiger partial charge on any atom is 0.0342 e. The number of aryl methyl sites for hydroxylation is 1. The van der Waals surface area contributed by atoms with Gasteiger partial charge in [0.2, 0.25) is 0 Å². The SMILES string of the molecule is C=C(C)CCc1ccc(NC(C)C)cc1.CC. The third-order valence-electron chi connectivity index (χ3n) is 2.25. The number of benzene rings is 1. The van der Waals surface area contributed by atoms with Crippen LogP contribution in [0.4, 0.5) is 5.69 Å². The Morgan fingerprint density at radius 2 is 1.71 bits per heavy atom. The monoisotopic (exact) mass is 233 g/mol. The Hall–Kier alpha value is -1.24. The second-order valence-electron chi connectivity index (χ2n) is 4.45. The van der Waals surface area contributed by atoms with Gasteiger partial charge in [-0.1, -0.05) is 31.6 Å². The summed E-state index contributed by atoms with van der Waals surface area (Å²) in [7, 11) is 0. The molecule has 0 heterocycles. The highest BCUT2D eigenvalue weighted by Gasteiger charge is 1.96. The van der Waals surface area contributed by atoms with E-state index in [2.05, 4.69) is 56.9 Å². The van der Waals surface area contributed by atoms with Crippen LogP contribution in [0.1, 0.15) is 46.6 Å². The van der Waals surface area contributed by atoms with Crippen LogP contribution in [0.25, 0.3) is 0 Å². The standard InChI is InChI=1S/C14H21N.C2H6/c1-11(2)5-6-13-7-9-14(10-8-13)15-12(3)4;1-2/h7-10,12,15H,1,5-6H2,2-4H3;1-2H3. The van der Waals surface area contributed by atoms with Crippen LogP contribution < -0.4 is 5.32 Å². The van der Waals surface area contributed by atoms with Crippen molar-refractivity contribution >= 4 is 5.69 Å². The van der Waals surface area contributed by atoms with Gasteiger partial charge in [0.15, 0.2) is 0 Å². The topological polar surface area (TPSA) is 12.0 Å². The number of rotatable bonds is 5. The van der Waals surface area contributed by atoms with E-state index in [0.29, 0.717) is 6.04 Å². The summed E-state index contributed by atoms with van der Waals surface area (Å²) in [5.74, 6) is 0. The van der Waals surface area contributed by atoms with Crippen molar-refractivity contribution in [2.75, 3.05) is 5.32 Å². The summed E-state index contributed by atoms with van der Waals surface area (Å²) in [6.07, 6.45) is 2.17. The number of hydrogen-bond acceptors (Lipinski definition) is 1. The predicted octanol–water partition coefficient (Wildman–Crippen LogP) is 5.04. The minimum atomic E-state index is 0.492. The van der Waals surface area contributed by atoms with Crippen LogP contribution in [0.3, 0.4) is 0 Å². The first-order valence-corrected chi connectivity index (χ1v) is 6.58. The van der Waals surface area contributed by atoms with Crippen molar-refractivity contribution in [3.63, 3.8) is 0 Å². The fraction of sp³-hybridized carbons (Fsp3) is 0.500. The van der Waals surface area contributed by atoms with Crippen LogP contribution in [0.5, 0.6) is 0 Å². The van der Waals surface area contributed by atoms with Crippen molar-refractivity contribution in [1.29, 1.82) is 0 Å². The lowest BCUT2D eigenvalue weighted by Gasteiger charge is -2.10. The van der Waals surface area contributed by atoms with E-state index < -0.39 is 0 Å². The first-order valence-electron chi connectivity index (χ1n) is 6.58. The first kappa shape index (κ1) is 15.8. The molecule has 0 saturated heterocycles. The fourth-order valence-corrected chi connectivity index (χ4v) is 1.46. The summed E-state index contributed by atoms with van der Waals surface area (Å²) in [5, 5.41) is 3.38. The average Bonchev–Trinajstić information content (AvgIpc) is 2.30. The molecule has 96 valence electrons. The van der Waals surface area contributed by atoms with Crippen LogP contribution in [0.15, 0.2) is 36.4 Å². The molecule has 1 rings (SSSR count). The molecule has 0 aliphatic heterocycles. The van der Waals surface area contributed by atoms with E-state index in [-0.39, 0.29) is 0 Å². The van der Waals surface area contributed by atoms with Gasteiger partial charge in [-0.15, -0.1) is 6.58 Å². The quantitative estimate of drug-likeness (QED) is 0.702. The smallest absolute Gasteiger partial charge is 0.0342 e. The van der Waals surface area contributed by atoms with Gasteiger partial charge in [0.25, 0.3) is 0 Å². The summed E-state index contributed by atoms with van der Waals surface area (Å²) in [6.45, 7) is 14.3. The molecular formula is C16H27N. The Kier molecular flexibility index (Phi) is 8.21. The molecule has 0 spiro atoms. The molecule has 0 aliphatic carbocycles. The van der Waals surface area contributed by atoms with Gasteiger partial charge in [-0.05, 0) is 51.3 Å². The zero-order chi connectivity index (χ0) is 13.3. The van der Waals surface area contributed by atoms with Crippen molar-refractivity contribution < 1.29 is 0 Å². The van der Waals surface area contributed by atoms with E-state index in [1.54, 1.807) is 0 Å². The molecule has 0 radical (unpaired) electrons. The van der Waals surface area contributed by atoms with Gasteiger partial charge in [0, 0.05) is 11.7 Å². The summed E-state index contributed by atoms with van der Waals surface area (Å²) in [5.41, 5.74) is 3.83. The summed E-state index contributed by atoms with van der Waals surface area (Å²) < 4.78 is 0. The lowest BCUT2D eigenvalue weighted by molar-refractivity contribution is 0.898. The van der Waals surface area contributed by atoms with Gasteiger partial charge in [0.1, 0.15) is 0 Å². The van der Waals surface area contributed by atoms with Crippen molar-refractivity contribution in [2.24, 2.45) is 0 Å². The molecule has 0 amide bonds. The second kappa shape index (κ2) is 8.86. The van der Waals surface area contributed by atoms with Gasteiger partial charge in [0.05, 0.1) is 0 Å². The van der Waals surface area contributed by atoms with Crippen LogP contribution in [-0.4, -0.2) is 6.04 Å². The first-order chi connectivity index (χ1) is 8.08. The highest BCUT2D eigenvalue weighted by Crippen LogP contribution is 2.13. The van der Waals surface area contributed by atoms with E-state index in [4.69, 9.17) is 0 Å². The van der Waals surface area contributed by atoms with Gasteiger partial charge in [-0.3, -0.25) is 0 Å². The Balaban J connectivity index is 0.00000121.